The number of amides is 1. The normalized spacial score (nSPS) is 32.5. The molecular formula is C23H23NO9S. The van der Waals surface area contributed by atoms with Crippen LogP contribution >= 0.6 is 11.8 Å². The fraction of sp³-hybridized carbons (Fsp3) is 0.478. The number of fused-ring (bicyclic) bond motifs is 3. The van der Waals surface area contributed by atoms with Crippen molar-refractivity contribution in [3.63, 3.8) is 0 Å². The van der Waals surface area contributed by atoms with Gasteiger partial charge in [0.2, 0.25) is 5.91 Å². The fourth-order valence-corrected chi connectivity index (χ4v) is 6.27. The first kappa shape index (κ1) is 24.1. The van der Waals surface area contributed by atoms with Crippen molar-refractivity contribution >= 4 is 46.1 Å². The molecule has 2 saturated carbocycles. The van der Waals surface area contributed by atoms with E-state index in [-0.39, 0.29) is 29.9 Å². The molecule has 1 amide bonds. The van der Waals surface area contributed by atoms with Crippen LogP contribution in [0, 0.1) is 23.7 Å². The van der Waals surface area contributed by atoms with Crippen LogP contribution in [0.5, 0.6) is 5.75 Å². The molecule has 6 atom stereocenters. The van der Waals surface area contributed by atoms with E-state index in [2.05, 4.69) is 0 Å². The Morgan fingerprint density at radius 1 is 1.21 bits per heavy atom. The molecule has 10 nitrogen and oxygen atoms in total. The van der Waals surface area contributed by atoms with Crippen LogP contribution in [0.4, 0.5) is 4.79 Å². The summed E-state index contributed by atoms with van der Waals surface area (Å²) in [6.07, 6.45) is -0.374. The Bertz CT molecular complexity index is 1160. The highest BCUT2D eigenvalue weighted by molar-refractivity contribution is 8.13. The molecule has 3 aliphatic carbocycles. The Morgan fingerprint density at radius 2 is 1.88 bits per heavy atom. The lowest BCUT2D eigenvalue weighted by Gasteiger charge is -2.50. The van der Waals surface area contributed by atoms with Gasteiger partial charge >= 0.3 is 5.30 Å². The standard InChI is InChI=1S/C23H23NO9S/c1-3-33-22(31)34-13-5-4-10-8(2)11-6-9-7-12(25)16(21(24)30)20(29)23(9,32)19(28)15(11)18(27)14(10)17(13)26/h4-5,8-9,11,15-16,26,32H,3,6-7H2,1-2H3,(H2,24,30)/t8-,9-,11+,15?,16?,23-/m0/s1. The quantitative estimate of drug-likeness (QED) is 0.317. The summed E-state index contributed by atoms with van der Waals surface area (Å²) in [5.74, 6) is -11.3. The summed E-state index contributed by atoms with van der Waals surface area (Å²) in [5, 5.41) is 21.4. The lowest BCUT2D eigenvalue weighted by atomic mass is 9.52. The third-order valence-corrected chi connectivity index (χ3v) is 8.05. The van der Waals surface area contributed by atoms with E-state index in [1.807, 2.05) is 0 Å². The predicted octanol–water partition coefficient (Wildman–Crippen LogP) is 1.14. The average Bonchev–Trinajstić information content (AvgIpc) is 2.75. The molecule has 1 aromatic carbocycles. The van der Waals surface area contributed by atoms with Crippen molar-refractivity contribution in [3.05, 3.63) is 23.3 Å². The topological polar surface area (TPSA) is 178 Å². The minimum atomic E-state index is -2.70. The second kappa shape index (κ2) is 8.31. The minimum Gasteiger partial charge on any atom is -0.506 e. The van der Waals surface area contributed by atoms with Crippen molar-refractivity contribution in [2.45, 2.75) is 43.1 Å². The van der Waals surface area contributed by atoms with Gasteiger partial charge in [-0.2, -0.15) is 0 Å². The summed E-state index contributed by atoms with van der Waals surface area (Å²) in [4.78, 5) is 76.0. The highest BCUT2D eigenvalue weighted by Gasteiger charge is 2.66. The summed E-state index contributed by atoms with van der Waals surface area (Å²) in [5.41, 5.74) is 2.77. The average molecular weight is 490 g/mol. The minimum absolute atomic E-state index is 0.0162. The van der Waals surface area contributed by atoms with Crippen LogP contribution in [0.25, 0.3) is 0 Å². The Kier molecular flexibility index (Phi) is 5.89. The third kappa shape index (κ3) is 3.29. The first-order valence-corrected chi connectivity index (χ1v) is 11.6. The second-order valence-electron chi connectivity index (χ2n) is 8.89. The van der Waals surface area contributed by atoms with Crippen LogP contribution in [-0.4, -0.2) is 56.8 Å². The number of carbonyl (C=O) groups excluding carboxylic acids is 6. The monoisotopic (exact) mass is 489 g/mol. The number of ketones is 4. The molecule has 180 valence electrons. The molecule has 11 heteroatoms. The van der Waals surface area contributed by atoms with Gasteiger partial charge in [-0.15, -0.1) is 0 Å². The molecule has 3 aliphatic rings. The zero-order chi connectivity index (χ0) is 25.1. The van der Waals surface area contributed by atoms with Gasteiger partial charge in [0.1, 0.15) is 5.75 Å². The van der Waals surface area contributed by atoms with Crippen LogP contribution in [0.15, 0.2) is 17.0 Å². The van der Waals surface area contributed by atoms with Crippen LogP contribution < -0.4 is 5.73 Å². The molecule has 0 bridgehead atoms. The van der Waals surface area contributed by atoms with E-state index in [1.54, 1.807) is 19.9 Å². The van der Waals surface area contributed by atoms with E-state index >= 15 is 0 Å². The van der Waals surface area contributed by atoms with E-state index in [0.717, 1.165) is 0 Å². The van der Waals surface area contributed by atoms with Gasteiger partial charge < -0.3 is 20.7 Å². The molecule has 0 saturated heterocycles. The highest BCUT2D eigenvalue weighted by atomic mass is 32.2. The molecular weight excluding hydrogens is 466 g/mol. The van der Waals surface area contributed by atoms with Crippen molar-refractivity contribution in [2.75, 3.05) is 6.61 Å². The third-order valence-electron chi connectivity index (χ3n) is 7.22. The molecule has 0 radical (unpaired) electrons. The van der Waals surface area contributed by atoms with Crippen LogP contribution in [0.3, 0.4) is 0 Å². The van der Waals surface area contributed by atoms with Crippen molar-refractivity contribution < 1.29 is 43.7 Å². The molecule has 0 heterocycles. The molecule has 4 N–H and O–H groups in total. The van der Waals surface area contributed by atoms with E-state index < -0.39 is 75.3 Å². The number of benzene rings is 1. The number of nitrogens with two attached hydrogens (primary N) is 1. The Morgan fingerprint density at radius 3 is 2.50 bits per heavy atom. The summed E-state index contributed by atoms with van der Waals surface area (Å²) in [7, 11) is 0. The van der Waals surface area contributed by atoms with E-state index in [4.69, 9.17) is 10.5 Å². The maximum Gasteiger partial charge on any atom is 0.372 e. The maximum atomic E-state index is 13.5. The Balaban J connectivity index is 1.78. The number of phenolic OH excluding ortho intramolecular Hbond substituents is 1. The van der Waals surface area contributed by atoms with Crippen molar-refractivity contribution in [2.24, 2.45) is 29.4 Å². The highest BCUT2D eigenvalue weighted by Crippen LogP contribution is 2.54. The SMILES string of the molecule is CCOC(=O)Sc1ccc2c(c1O)C(=O)C1C(=O)[C@]3(O)C(=O)C(C(N)=O)C(=O)C[C@@H]3C[C@@H]1[C@H]2C. The van der Waals surface area contributed by atoms with E-state index in [9.17, 15) is 39.0 Å². The number of hydrogen-bond donors (Lipinski definition) is 3. The van der Waals surface area contributed by atoms with Crippen LogP contribution in [0.1, 0.15) is 48.5 Å². The fourth-order valence-electron chi connectivity index (χ4n) is 5.57. The summed E-state index contributed by atoms with van der Waals surface area (Å²) in [6, 6.07) is 3.06. The molecule has 34 heavy (non-hydrogen) atoms. The Labute approximate surface area is 198 Å². The van der Waals surface area contributed by atoms with Crippen molar-refractivity contribution in [1.29, 1.82) is 0 Å². The molecule has 2 unspecified atom stereocenters. The number of aliphatic hydroxyl groups is 1. The van der Waals surface area contributed by atoms with Crippen molar-refractivity contribution in [1.82, 2.24) is 0 Å². The summed E-state index contributed by atoms with van der Waals surface area (Å²) in [6.45, 7) is 3.48. The zero-order valence-electron chi connectivity index (χ0n) is 18.4. The van der Waals surface area contributed by atoms with E-state index in [0.29, 0.717) is 17.3 Å². The largest absolute Gasteiger partial charge is 0.506 e. The number of ether oxygens (including phenoxy) is 1. The zero-order valence-corrected chi connectivity index (χ0v) is 19.2. The number of Topliss-reactive ketones (excluding diaryl/α,β-unsaturated/α-hetero) is 4. The molecule has 0 aromatic heterocycles. The van der Waals surface area contributed by atoms with Crippen molar-refractivity contribution in [3.8, 4) is 5.75 Å². The number of aromatic hydroxyl groups is 1. The van der Waals surface area contributed by atoms with Gasteiger partial charge in [0.25, 0.3) is 0 Å². The number of phenols is 1. The number of thioether (sulfide) groups is 1. The lowest BCUT2D eigenvalue weighted by molar-refractivity contribution is -0.176. The first-order chi connectivity index (χ1) is 15.9. The van der Waals surface area contributed by atoms with E-state index in [1.165, 1.54) is 6.07 Å². The predicted molar refractivity (Wildman–Crippen MR) is 116 cm³/mol. The van der Waals surface area contributed by atoms with Gasteiger partial charge in [0.15, 0.2) is 34.7 Å². The van der Waals surface area contributed by atoms with Gasteiger partial charge in [-0.05, 0) is 48.6 Å². The maximum absolute atomic E-state index is 13.5. The number of hydrogen-bond acceptors (Lipinski definition) is 10. The Hall–Kier alpha value is -3.05. The van der Waals surface area contributed by atoms with Gasteiger partial charge in [-0.3, -0.25) is 24.0 Å². The van der Waals surface area contributed by atoms with Crippen LogP contribution in [-0.2, 0) is 23.9 Å². The second-order valence-corrected chi connectivity index (χ2v) is 9.87. The molecule has 0 aliphatic heterocycles. The number of rotatable bonds is 3. The lowest BCUT2D eigenvalue weighted by Crippen LogP contribution is -2.68. The molecule has 4 rings (SSSR count). The van der Waals surface area contributed by atoms with Crippen LogP contribution in [0.2, 0.25) is 0 Å². The van der Waals surface area contributed by atoms with Gasteiger partial charge in [0.05, 0.1) is 23.0 Å². The summed E-state index contributed by atoms with van der Waals surface area (Å²) < 4.78 is 4.86. The van der Waals surface area contributed by atoms with Gasteiger partial charge in [-0.1, -0.05) is 13.0 Å². The summed E-state index contributed by atoms with van der Waals surface area (Å²) >= 11 is 0.582. The number of carbonyl (C=O) groups is 6. The molecule has 0 spiro atoms. The molecule has 2 fully saturated rings. The van der Waals surface area contributed by atoms with Gasteiger partial charge in [-0.25, -0.2) is 4.79 Å². The number of primary amides is 1. The van der Waals surface area contributed by atoms with Gasteiger partial charge in [0, 0.05) is 12.3 Å². The molecule has 1 aromatic rings. The first-order valence-electron chi connectivity index (χ1n) is 10.8. The smallest absolute Gasteiger partial charge is 0.372 e.